The van der Waals surface area contributed by atoms with E-state index >= 15 is 0 Å². The standard InChI is InChI=1S/C14H16N2/c1-14(2,3)12-6-4-5-11(9-12)13-10-15-7-8-16-13/h4-10H,1-3H3. The van der Waals surface area contributed by atoms with Crippen molar-refractivity contribution in [2.45, 2.75) is 26.2 Å². The van der Waals surface area contributed by atoms with Crippen LogP contribution in [0.5, 0.6) is 0 Å². The third kappa shape index (κ3) is 2.27. The number of benzene rings is 1. The fourth-order valence-corrected chi connectivity index (χ4v) is 1.59. The van der Waals surface area contributed by atoms with Gasteiger partial charge in [-0.15, -0.1) is 0 Å². The highest BCUT2D eigenvalue weighted by Crippen LogP contribution is 2.26. The van der Waals surface area contributed by atoms with E-state index in [0.717, 1.165) is 11.3 Å². The Morgan fingerprint density at radius 3 is 2.50 bits per heavy atom. The van der Waals surface area contributed by atoms with Crippen LogP contribution in [0.2, 0.25) is 0 Å². The molecule has 0 amide bonds. The van der Waals surface area contributed by atoms with Gasteiger partial charge in [0.15, 0.2) is 0 Å². The van der Waals surface area contributed by atoms with Gasteiger partial charge in [0, 0.05) is 18.0 Å². The predicted octanol–water partition coefficient (Wildman–Crippen LogP) is 3.44. The molecule has 0 aliphatic carbocycles. The van der Waals surface area contributed by atoms with E-state index in [1.54, 1.807) is 18.6 Å². The number of rotatable bonds is 1. The Hall–Kier alpha value is -1.70. The van der Waals surface area contributed by atoms with E-state index in [4.69, 9.17) is 0 Å². The maximum Gasteiger partial charge on any atom is 0.0885 e. The van der Waals surface area contributed by atoms with Crippen molar-refractivity contribution in [3.05, 3.63) is 48.4 Å². The van der Waals surface area contributed by atoms with Gasteiger partial charge in [0.2, 0.25) is 0 Å². The van der Waals surface area contributed by atoms with Crippen molar-refractivity contribution in [2.75, 3.05) is 0 Å². The molecular weight excluding hydrogens is 196 g/mol. The van der Waals surface area contributed by atoms with Crippen LogP contribution in [0, 0.1) is 0 Å². The maximum absolute atomic E-state index is 4.31. The highest BCUT2D eigenvalue weighted by atomic mass is 14.8. The quantitative estimate of drug-likeness (QED) is 0.723. The summed E-state index contributed by atoms with van der Waals surface area (Å²) in [7, 11) is 0. The number of nitrogens with zero attached hydrogens (tertiary/aromatic N) is 2. The van der Waals surface area contributed by atoms with Gasteiger partial charge in [0.25, 0.3) is 0 Å². The molecule has 0 radical (unpaired) electrons. The monoisotopic (exact) mass is 212 g/mol. The van der Waals surface area contributed by atoms with Gasteiger partial charge in [0.05, 0.1) is 11.9 Å². The summed E-state index contributed by atoms with van der Waals surface area (Å²) < 4.78 is 0. The molecule has 2 rings (SSSR count). The van der Waals surface area contributed by atoms with E-state index in [9.17, 15) is 0 Å². The number of aromatic nitrogens is 2. The van der Waals surface area contributed by atoms with Crippen LogP contribution in [-0.4, -0.2) is 9.97 Å². The van der Waals surface area contributed by atoms with Gasteiger partial charge in [-0.25, -0.2) is 0 Å². The third-order valence-electron chi connectivity index (χ3n) is 2.59. The molecule has 2 aromatic rings. The third-order valence-corrected chi connectivity index (χ3v) is 2.59. The normalized spacial score (nSPS) is 11.4. The molecule has 2 heteroatoms. The zero-order valence-corrected chi connectivity index (χ0v) is 9.94. The summed E-state index contributed by atoms with van der Waals surface area (Å²) in [5.74, 6) is 0. The van der Waals surface area contributed by atoms with Gasteiger partial charge >= 0.3 is 0 Å². The van der Waals surface area contributed by atoms with E-state index in [0.29, 0.717) is 0 Å². The minimum absolute atomic E-state index is 0.165. The molecule has 0 unspecified atom stereocenters. The van der Waals surface area contributed by atoms with Gasteiger partial charge < -0.3 is 0 Å². The Bertz CT molecular complexity index is 470. The smallest absolute Gasteiger partial charge is 0.0885 e. The van der Waals surface area contributed by atoms with Crippen LogP contribution in [0.15, 0.2) is 42.9 Å². The van der Waals surface area contributed by atoms with Crippen LogP contribution in [0.25, 0.3) is 11.3 Å². The zero-order chi connectivity index (χ0) is 11.6. The highest BCUT2D eigenvalue weighted by molar-refractivity contribution is 5.59. The first-order valence-electron chi connectivity index (χ1n) is 5.44. The lowest BCUT2D eigenvalue weighted by Gasteiger charge is -2.19. The molecule has 1 aromatic carbocycles. The first-order valence-corrected chi connectivity index (χ1v) is 5.44. The first-order chi connectivity index (χ1) is 7.57. The summed E-state index contributed by atoms with van der Waals surface area (Å²) >= 11 is 0. The molecule has 0 aliphatic heterocycles. The highest BCUT2D eigenvalue weighted by Gasteiger charge is 2.14. The Labute approximate surface area is 96.4 Å². The summed E-state index contributed by atoms with van der Waals surface area (Å²) in [4.78, 5) is 8.40. The minimum Gasteiger partial charge on any atom is -0.261 e. The van der Waals surface area contributed by atoms with Crippen molar-refractivity contribution in [1.82, 2.24) is 9.97 Å². The summed E-state index contributed by atoms with van der Waals surface area (Å²) in [6.45, 7) is 6.63. The van der Waals surface area contributed by atoms with Gasteiger partial charge in [-0.3, -0.25) is 9.97 Å². The average molecular weight is 212 g/mol. The summed E-state index contributed by atoms with van der Waals surface area (Å²) in [6.07, 6.45) is 5.21. The number of hydrogen-bond donors (Lipinski definition) is 0. The van der Waals surface area contributed by atoms with E-state index < -0.39 is 0 Å². The molecule has 16 heavy (non-hydrogen) atoms. The van der Waals surface area contributed by atoms with E-state index in [1.807, 2.05) is 0 Å². The van der Waals surface area contributed by atoms with Gasteiger partial charge in [-0.1, -0.05) is 39.0 Å². The largest absolute Gasteiger partial charge is 0.261 e. The summed E-state index contributed by atoms with van der Waals surface area (Å²) in [6, 6.07) is 8.48. The fourth-order valence-electron chi connectivity index (χ4n) is 1.59. The van der Waals surface area contributed by atoms with E-state index in [2.05, 4.69) is 55.0 Å². The Morgan fingerprint density at radius 2 is 1.88 bits per heavy atom. The van der Waals surface area contributed by atoms with Crippen LogP contribution in [0.1, 0.15) is 26.3 Å². The fraction of sp³-hybridized carbons (Fsp3) is 0.286. The van der Waals surface area contributed by atoms with E-state index in [-0.39, 0.29) is 5.41 Å². The zero-order valence-electron chi connectivity index (χ0n) is 9.94. The van der Waals surface area contributed by atoms with Gasteiger partial charge in [0.1, 0.15) is 0 Å². The lowest BCUT2D eigenvalue weighted by molar-refractivity contribution is 0.590. The lowest BCUT2D eigenvalue weighted by Crippen LogP contribution is -2.10. The van der Waals surface area contributed by atoms with Gasteiger partial charge in [-0.2, -0.15) is 0 Å². The molecule has 2 nitrogen and oxygen atoms in total. The molecule has 0 N–H and O–H groups in total. The number of hydrogen-bond acceptors (Lipinski definition) is 2. The second-order valence-electron chi connectivity index (χ2n) is 4.92. The van der Waals surface area contributed by atoms with E-state index in [1.165, 1.54) is 5.56 Å². The molecule has 0 aliphatic rings. The molecule has 1 heterocycles. The molecule has 0 bridgehead atoms. The minimum atomic E-state index is 0.165. The van der Waals surface area contributed by atoms with Crippen LogP contribution < -0.4 is 0 Å². The van der Waals surface area contributed by atoms with Crippen molar-refractivity contribution in [3.8, 4) is 11.3 Å². The lowest BCUT2D eigenvalue weighted by atomic mass is 9.86. The predicted molar refractivity (Wildman–Crippen MR) is 66.2 cm³/mol. The summed E-state index contributed by atoms with van der Waals surface area (Å²) in [5.41, 5.74) is 3.53. The molecule has 0 spiro atoms. The van der Waals surface area contributed by atoms with Crippen LogP contribution >= 0.6 is 0 Å². The molecule has 1 aromatic heterocycles. The Balaban J connectivity index is 2.45. The van der Waals surface area contributed by atoms with Crippen molar-refractivity contribution in [1.29, 1.82) is 0 Å². The molecule has 0 fully saturated rings. The molecular formula is C14H16N2. The van der Waals surface area contributed by atoms with Crippen molar-refractivity contribution in [3.63, 3.8) is 0 Å². The second kappa shape index (κ2) is 4.05. The maximum atomic E-state index is 4.31. The molecule has 0 saturated heterocycles. The Kier molecular flexibility index (Phi) is 2.73. The first kappa shape index (κ1) is 10.8. The summed E-state index contributed by atoms with van der Waals surface area (Å²) in [5, 5.41) is 0. The van der Waals surface area contributed by atoms with Crippen LogP contribution in [0.4, 0.5) is 0 Å². The topological polar surface area (TPSA) is 25.8 Å². The van der Waals surface area contributed by atoms with Crippen molar-refractivity contribution >= 4 is 0 Å². The van der Waals surface area contributed by atoms with Crippen molar-refractivity contribution in [2.24, 2.45) is 0 Å². The molecule has 82 valence electrons. The molecule has 0 saturated carbocycles. The SMILES string of the molecule is CC(C)(C)c1cccc(-c2cnccn2)c1. The Morgan fingerprint density at radius 1 is 1.06 bits per heavy atom. The van der Waals surface area contributed by atoms with Crippen molar-refractivity contribution < 1.29 is 0 Å². The van der Waals surface area contributed by atoms with Crippen LogP contribution in [-0.2, 0) is 5.41 Å². The molecule has 0 atom stereocenters. The average Bonchev–Trinajstić information content (AvgIpc) is 2.29. The second-order valence-corrected chi connectivity index (χ2v) is 4.92. The van der Waals surface area contributed by atoms with Crippen LogP contribution in [0.3, 0.4) is 0 Å². The van der Waals surface area contributed by atoms with Gasteiger partial charge in [-0.05, 0) is 17.0 Å².